The molecule has 1 unspecified atom stereocenters. The van der Waals surface area contributed by atoms with Crippen LogP contribution in [0, 0.1) is 12.7 Å². The Morgan fingerprint density at radius 3 is 2.81 bits per heavy atom. The first kappa shape index (κ1) is 12.1. The molecule has 1 N–H and O–H groups in total. The van der Waals surface area contributed by atoms with Gasteiger partial charge in [0, 0.05) is 11.3 Å². The minimum absolute atomic E-state index is 0.195. The van der Waals surface area contributed by atoms with Crippen molar-refractivity contribution >= 4 is 5.69 Å². The summed E-state index contributed by atoms with van der Waals surface area (Å²) >= 11 is 0. The Balaban J connectivity index is 1.92. The highest BCUT2D eigenvalue weighted by Crippen LogP contribution is 2.38. The zero-order valence-corrected chi connectivity index (χ0v) is 11.5. The molecule has 0 fully saturated rings. The molecule has 1 atom stereocenters. The van der Waals surface area contributed by atoms with Gasteiger partial charge in [-0.2, -0.15) is 5.10 Å². The Hall–Kier alpha value is -2.62. The Morgan fingerprint density at radius 2 is 1.95 bits per heavy atom. The third kappa shape index (κ3) is 1.91. The molecule has 0 saturated heterocycles. The Morgan fingerprint density at radius 1 is 1.10 bits per heavy atom. The summed E-state index contributed by atoms with van der Waals surface area (Å²) in [6.07, 6.45) is -0.195. The number of anilines is 1. The van der Waals surface area contributed by atoms with Gasteiger partial charge in [-0.3, -0.25) is 0 Å². The second kappa shape index (κ2) is 4.45. The van der Waals surface area contributed by atoms with E-state index < -0.39 is 0 Å². The van der Waals surface area contributed by atoms with Gasteiger partial charge in [0.25, 0.3) is 0 Å². The minimum Gasteiger partial charge on any atom is -0.359 e. The summed E-state index contributed by atoms with van der Waals surface area (Å²) in [7, 11) is 0. The number of halogens is 1. The number of para-hydroxylation sites is 1. The monoisotopic (exact) mass is 279 g/mol. The van der Waals surface area contributed by atoms with E-state index in [1.807, 2.05) is 35.9 Å². The van der Waals surface area contributed by atoms with Crippen LogP contribution in [0.4, 0.5) is 10.1 Å². The number of benzene rings is 2. The topological polar surface area (TPSA) is 29.9 Å². The van der Waals surface area contributed by atoms with Crippen LogP contribution in [0.2, 0.25) is 0 Å². The first-order valence-corrected chi connectivity index (χ1v) is 6.90. The number of nitrogens with zero attached hydrogens (tertiary/aromatic N) is 2. The molecule has 0 radical (unpaired) electrons. The van der Waals surface area contributed by atoms with Gasteiger partial charge in [-0.15, -0.1) is 0 Å². The molecular formula is C17H14FN3. The zero-order chi connectivity index (χ0) is 14.4. The summed E-state index contributed by atoms with van der Waals surface area (Å²) in [5.74, 6) is -0.237. The van der Waals surface area contributed by atoms with Crippen LogP contribution in [-0.2, 0) is 0 Å². The maximum Gasteiger partial charge on any atom is 0.147 e. The standard InChI is InChI=1S/C17H14FN3/c1-11-9-16-14-7-2-3-8-15(14)19-17(21(16)20-11)12-5-4-6-13(18)10-12/h2-10,17,19H,1H3. The van der Waals surface area contributed by atoms with E-state index in [9.17, 15) is 4.39 Å². The number of aryl methyl sites for hydroxylation is 1. The number of rotatable bonds is 1. The molecule has 3 aromatic rings. The fraction of sp³-hybridized carbons (Fsp3) is 0.118. The van der Waals surface area contributed by atoms with Crippen molar-refractivity contribution in [2.75, 3.05) is 5.32 Å². The van der Waals surface area contributed by atoms with E-state index >= 15 is 0 Å². The van der Waals surface area contributed by atoms with Gasteiger partial charge in [-0.05, 0) is 36.8 Å². The number of hydrogen-bond donors (Lipinski definition) is 1. The lowest BCUT2D eigenvalue weighted by atomic mass is 10.0. The smallest absolute Gasteiger partial charge is 0.147 e. The number of aromatic nitrogens is 2. The molecule has 2 aromatic carbocycles. The fourth-order valence-corrected chi connectivity index (χ4v) is 2.86. The van der Waals surface area contributed by atoms with Gasteiger partial charge in [0.05, 0.1) is 11.4 Å². The van der Waals surface area contributed by atoms with Crippen molar-refractivity contribution < 1.29 is 4.39 Å². The zero-order valence-electron chi connectivity index (χ0n) is 11.5. The number of fused-ring (bicyclic) bond motifs is 3. The first-order valence-electron chi connectivity index (χ1n) is 6.90. The summed E-state index contributed by atoms with van der Waals surface area (Å²) in [6, 6.07) is 16.8. The third-order valence-electron chi connectivity index (χ3n) is 3.76. The van der Waals surface area contributed by atoms with Gasteiger partial charge in [0.15, 0.2) is 0 Å². The average Bonchev–Trinajstić information content (AvgIpc) is 2.88. The van der Waals surface area contributed by atoms with E-state index in [2.05, 4.69) is 22.5 Å². The predicted octanol–water partition coefficient (Wildman–Crippen LogP) is 3.97. The predicted molar refractivity (Wildman–Crippen MR) is 80.6 cm³/mol. The second-order valence-corrected chi connectivity index (χ2v) is 5.26. The van der Waals surface area contributed by atoms with Crippen LogP contribution in [-0.4, -0.2) is 9.78 Å². The normalized spacial score (nSPS) is 16.0. The van der Waals surface area contributed by atoms with Gasteiger partial charge in [-0.1, -0.05) is 30.3 Å². The summed E-state index contributed by atoms with van der Waals surface area (Å²) in [5.41, 5.74) is 5.01. The molecular weight excluding hydrogens is 265 g/mol. The molecule has 0 spiro atoms. The second-order valence-electron chi connectivity index (χ2n) is 5.26. The van der Waals surface area contributed by atoms with E-state index in [1.165, 1.54) is 6.07 Å². The van der Waals surface area contributed by atoms with Crippen LogP contribution in [0.3, 0.4) is 0 Å². The third-order valence-corrected chi connectivity index (χ3v) is 3.76. The molecule has 0 amide bonds. The maximum absolute atomic E-state index is 13.5. The minimum atomic E-state index is -0.237. The van der Waals surface area contributed by atoms with Crippen LogP contribution >= 0.6 is 0 Å². The van der Waals surface area contributed by atoms with Crippen LogP contribution in [0.5, 0.6) is 0 Å². The Bertz CT molecular complexity index is 822. The number of nitrogens with one attached hydrogen (secondary N) is 1. The van der Waals surface area contributed by atoms with Crippen molar-refractivity contribution in [3.63, 3.8) is 0 Å². The SMILES string of the molecule is Cc1cc2n(n1)C(c1cccc(F)c1)Nc1ccccc1-2. The van der Waals surface area contributed by atoms with Gasteiger partial charge in [0.1, 0.15) is 12.0 Å². The van der Waals surface area contributed by atoms with Crippen LogP contribution in [0.25, 0.3) is 11.3 Å². The van der Waals surface area contributed by atoms with E-state index in [-0.39, 0.29) is 12.0 Å². The molecule has 104 valence electrons. The fourth-order valence-electron chi connectivity index (χ4n) is 2.86. The van der Waals surface area contributed by atoms with Gasteiger partial charge < -0.3 is 5.32 Å². The van der Waals surface area contributed by atoms with E-state index in [0.29, 0.717) is 0 Å². The Labute approximate surface area is 122 Å². The van der Waals surface area contributed by atoms with Crippen molar-refractivity contribution in [3.8, 4) is 11.3 Å². The highest BCUT2D eigenvalue weighted by Gasteiger charge is 2.26. The Kier molecular flexibility index (Phi) is 2.57. The molecule has 1 aromatic heterocycles. The van der Waals surface area contributed by atoms with Gasteiger partial charge in [0.2, 0.25) is 0 Å². The molecule has 0 bridgehead atoms. The van der Waals surface area contributed by atoms with Gasteiger partial charge >= 0.3 is 0 Å². The molecule has 2 heterocycles. The lowest BCUT2D eigenvalue weighted by molar-refractivity contribution is 0.562. The summed E-state index contributed by atoms with van der Waals surface area (Å²) < 4.78 is 15.5. The van der Waals surface area contributed by atoms with E-state index in [4.69, 9.17) is 0 Å². The van der Waals surface area contributed by atoms with Crippen molar-refractivity contribution in [1.82, 2.24) is 9.78 Å². The largest absolute Gasteiger partial charge is 0.359 e. The molecule has 0 aliphatic carbocycles. The maximum atomic E-state index is 13.5. The molecule has 4 heteroatoms. The van der Waals surface area contributed by atoms with Crippen LogP contribution in [0.15, 0.2) is 54.6 Å². The van der Waals surface area contributed by atoms with Crippen molar-refractivity contribution in [1.29, 1.82) is 0 Å². The summed E-state index contributed by atoms with van der Waals surface area (Å²) in [6.45, 7) is 1.97. The number of hydrogen-bond acceptors (Lipinski definition) is 2. The molecule has 21 heavy (non-hydrogen) atoms. The lowest BCUT2D eigenvalue weighted by Crippen LogP contribution is -2.25. The molecule has 1 aliphatic heterocycles. The lowest BCUT2D eigenvalue weighted by Gasteiger charge is -2.29. The van der Waals surface area contributed by atoms with E-state index in [1.54, 1.807) is 12.1 Å². The van der Waals surface area contributed by atoms with E-state index in [0.717, 1.165) is 28.2 Å². The highest BCUT2D eigenvalue weighted by atomic mass is 19.1. The van der Waals surface area contributed by atoms with Crippen molar-refractivity contribution in [3.05, 3.63) is 71.7 Å². The quantitative estimate of drug-likeness (QED) is 0.730. The average molecular weight is 279 g/mol. The molecule has 3 nitrogen and oxygen atoms in total. The summed E-state index contributed by atoms with van der Waals surface area (Å²) in [4.78, 5) is 0. The highest BCUT2D eigenvalue weighted by molar-refractivity contribution is 5.78. The van der Waals surface area contributed by atoms with Crippen LogP contribution in [0.1, 0.15) is 17.4 Å². The molecule has 4 rings (SSSR count). The molecule has 1 aliphatic rings. The van der Waals surface area contributed by atoms with Crippen molar-refractivity contribution in [2.45, 2.75) is 13.1 Å². The molecule has 0 saturated carbocycles. The van der Waals surface area contributed by atoms with Crippen molar-refractivity contribution in [2.24, 2.45) is 0 Å². The summed E-state index contributed by atoms with van der Waals surface area (Å²) in [5, 5.41) is 8.01. The van der Waals surface area contributed by atoms with Crippen LogP contribution < -0.4 is 5.32 Å². The first-order chi connectivity index (χ1) is 10.2. The van der Waals surface area contributed by atoms with Gasteiger partial charge in [-0.25, -0.2) is 9.07 Å².